The number of rotatable bonds is 3. The van der Waals surface area contributed by atoms with E-state index in [1.165, 1.54) is 4.90 Å². The molecule has 0 aliphatic rings. The third-order valence-corrected chi connectivity index (χ3v) is 4.30. The predicted molar refractivity (Wildman–Crippen MR) is 113 cm³/mol. The Labute approximate surface area is 165 Å². The molecule has 0 saturated heterocycles. The maximum atomic E-state index is 12.3. The number of hydrogen-bond donors (Lipinski definition) is 0. The van der Waals surface area contributed by atoms with Gasteiger partial charge in [-0.3, -0.25) is 4.90 Å². The fourth-order valence-corrected chi connectivity index (χ4v) is 2.89. The first kappa shape index (κ1) is 19.6. The Morgan fingerprint density at radius 2 is 1.54 bits per heavy atom. The number of para-hydroxylation sites is 1. The highest BCUT2D eigenvalue weighted by Crippen LogP contribution is 2.30. The zero-order chi connectivity index (χ0) is 20.5. The number of ether oxygens (including phenoxy) is 1. The summed E-state index contributed by atoms with van der Waals surface area (Å²) >= 11 is 0. The number of aryl methyl sites for hydroxylation is 1. The van der Waals surface area contributed by atoms with Crippen LogP contribution in [-0.2, 0) is 4.74 Å². The highest BCUT2D eigenvalue weighted by Gasteiger charge is 2.20. The maximum Gasteiger partial charge on any atom is 0.414 e. The van der Waals surface area contributed by atoms with E-state index in [0.29, 0.717) is 0 Å². The molecule has 0 radical (unpaired) electrons. The Morgan fingerprint density at radius 1 is 0.929 bits per heavy atom. The summed E-state index contributed by atoms with van der Waals surface area (Å²) in [5.74, 6) is 1.57. The van der Waals surface area contributed by atoms with Gasteiger partial charge in [0.2, 0.25) is 0 Å². The second kappa shape index (κ2) is 7.46. The number of amides is 1. The van der Waals surface area contributed by atoms with E-state index in [1.807, 2.05) is 88.2 Å². The monoisotopic (exact) mass is 378 g/mol. The van der Waals surface area contributed by atoms with Crippen molar-refractivity contribution in [3.8, 4) is 0 Å². The van der Waals surface area contributed by atoms with Crippen LogP contribution in [0.4, 0.5) is 22.0 Å². The van der Waals surface area contributed by atoms with Crippen LogP contribution in [0.25, 0.3) is 10.9 Å². The van der Waals surface area contributed by atoms with Gasteiger partial charge in [0, 0.05) is 30.9 Å². The average molecular weight is 378 g/mol. The number of carbonyl (C=O) groups is 1. The van der Waals surface area contributed by atoms with Crippen molar-refractivity contribution in [1.29, 1.82) is 0 Å². The molecular weight excluding hydrogens is 352 g/mol. The van der Waals surface area contributed by atoms with Gasteiger partial charge in [0.05, 0.1) is 5.52 Å². The van der Waals surface area contributed by atoms with Crippen molar-refractivity contribution in [2.45, 2.75) is 33.3 Å². The number of anilines is 3. The molecule has 0 aliphatic heterocycles. The largest absolute Gasteiger partial charge is 0.443 e. The Morgan fingerprint density at radius 3 is 2.18 bits per heavy atom. The SMILES string of the molecule is Cc1nc(N(C)c2ccc(N(C)C(=O)OC(C)(C)C)cc2)c2ccccc2n1. The number of carbonyl (C=O) groups excluding carboxylic acids is 1. The van der Waals surface area contributed by atoms with Crippen LogP contribution in [0.3, 0.4) is 0 Å². The normalized spacial score (nSPS) is 11.4. The summed E-state index contributed by atoms with van der Waals surface area (Å²) in [5, 5.41) is 0.991. The summed E-state index contributed by atoms with van der Waals surface area (Å²) in [7, 11) is 3.68. The van der Waals surface area contributed by atoms with Crippen LogP contribution in [0.2, 0.25) is 0 Å². The summed E-state index contributed by atoms with van der Waals surface area (Å²) in [6.45, 7) is 7.45. The Hall–Kier alpha value is -3.15. The minimum atomic E-state index is -0.530. The molecule has 0 fully saturated rings. The third-order valence-electron chi connectivity index (χ3n) is 4.30. The summed E-state index contributed by atoms with van der Waals surface area (Å²) in [6, 6.07) is 15.7. The van der Waals surface area contributed by atoms with Crippen molar-refractivity contribution >= 4 is 34.2 Å². The number of aromatic nitrogens is 2. The number of fused-ring (bicyclic) bond motifs is 1. The molecule has 0 aliphatic carbocycles. The molecule has 1 amide bonds. The lowest BCUT2D eigenvalue weighted by atomic mass is 10.2. The van der Waals surface area contributed by atoms with Gasteiger partial charge < -0.3 is 9.64 Å². The predicted octanol–water partition coefficient (Wildman–Crippen LogP) is 5.08. The van der Waals surface area contributed by atoms with Gasteiger partial charge in [0.25, 0.3) is 0 Å². The summed E-state index contributed by atoms with van der Waals surface area (Å²) in [4.78, 5) is 24.9. The molecule has 1 heterocycles. The molecule has 1 aromatic heterocycles. The van der Waals surface area contributed by atoms with Crippen molar-refractivity contribution in [2.75, 3.05) is 23.9 Å². The van der Waals surface area contributed by atoms with Gasteiger partial charge in [-0.15, -0.1) is 0 Å². The quantitative estimate of drug-likeness (QED) is 0.636. The van der Waals surface area contributed by atoms with Crippen LogP contribution in [0.1, 0.15) is 26.6 Å². The Kier molecular flexibility index (Phi) is 5.23. The van der Waals surface area contributed by atoms with E-state index in [-0.39, 0.29) is 6.09 Å². The van der Waals surface area contributed by atoms with Gasteiger partial charge in [-0.25, -0.2) is 14.8 Å². The Balaban J connectivity index is 1.87. The molecule has 3 aromatic rings. The minimum Gasteiger partial charge on any atom is -0.443 e. The van der Waals surface area contributed by atoms with Gasteiger partial charge >= 0.3 is 6.09 Å². The lowest BCUT2D eigenvalue weighted by molar-refractivity contribution is 0.0589. The van der Waals surface area contributed by atoms with Crippen LogP contribution in [-0.4, -0.2) is 35.8 Å². The highest BCUT2D eigenvalue weighted by atomic mass is 16.6. The third kappa shape index (κ3) is 4.22. The van der Waals surface area contributed by atoms with Crippen molar-refractivity contribution in [3.63, 3.8) is 0 Å². The van der Waals surface area contributed by atoms with Crippen LogP contribution < -0.4 is 9.80 Å². The second-order valence-electron chi connectivity index (χ2n) is 7.73. The van der Waals surface area contributed by atoms with E-state index >= 15 is 0 Å². The van der Waals surface area contributed by atoms with Crippen LogP contribution in [0, 0.1) is 6.92 Å². The summed E-state index contributed by atoms with van der Waals surface area (Å²) in [5.41, 5.74) is 2.11. The van der Waals surface area contributed by atoms with E-state index in [9.17, 15) is 4.79 Å². The molecule has 0 N–H and O–H groups in total. The van der Waals surface area contributed by atoms with Gasteiger partial charge in [0.15, 0.2) is 0 Å². The molecule has 0 saturated carbocycles. The van der Waals surface area contributed by atoms with Crippen LogP contribution in [0.5, 0.6) is 0 Å². The molecule has 0 bridgehead atoms. The zero-order valence-electron chi connectivity index (χ0n) is 17.2. The van der Waals surface area contributed by atoms with E-state index in [1.54, 1.807) is 7.05 Å². The summed E-state index contributed by atoms with van der Waals surface area (Å²) in [6.07, 6.45) is -0.383. The molecular formula is C22H26N4O2. The number of hydrogen-bond acceptors (Lipinski definition) is 5. The van der Waals surface area contributed by atoms with Gasteiger partial charge in [0.1, 0.15) is 17.2 Å². The maximum absolute atomic E-state index is 12.3. The number of benzene rings is 2. The van der Waals surface area contributed by atoms with Crippen LogP contribution in [0.15, 0.2) is 48.5 Å². The van der Waals surface area contributed by atoms with Crippen molar-refractivity contribution in [1.82, 2.24) is 9.97 Å². The lowest BCUT2D eigenvalue weighted by Gasteiger charge is -2.25. The molecule has 0 atom stereocenters. The lowest BCUT2D eigenvalue weighted by Crippen LogP contribution is -2.34. The van der Waals surface area contributed by atoms with Crippen LogP contribution >= 0.6 is 0 Å². The first-order chi connectivity index (χ1) is 13.2. The molecule has 28 heavy (non-hydrogen) atoms. The topological polar surface area (TPSA) is 58.6 Å². The first-order valence-electron chi connectivity index (χ1n) is 9.19. The van der Waals surface area contributed by atoms with E-state index < -0.39 is 5.60 Å². The first-order valence-corrected chi connectivity index (χ1v) is 9.19. The zero-order valence-corrected chi connectivity index (χ0v) is 17.2. The van der Waals surface area contributed by atoms with Crippen molar-refractivity contribution in [3.05, 3.63) is 54.4 Å². The minimum absolute atomic E-state index is 0.383. The van der Waals surface area contributed by atoms with Gasteiger partial charge in [-0.05, 0) is 64.1 Å². The van der Waals surface area contributed by atoms with E-state index in [2.05, 4.69) is 9.97 Å². The second-order valence-corrected chi connectivity index (χ2v) is 7.73. The molecule has 6 heteroatoms. The van der Waals surface area contributed by atoms with E-state index in [0.717, 1.165) is 33.9 Å². The number of nitrogens with zero attached hydrogens (tertiary/aromatic N) is 4. The van der Waals surface area contributed by atoms with Crippen molar-refractivity contribution in [2.24, 2.45) is 0 Å². The standard InChI is InChI=1S/C22H26N4O2/c1-15-23-19-10-8-7-9-18(19)20(24-15)25(5)16-11-13-17(14-12-16)26(6)21(27)28-22(2,3)4/h7-14H,1-6H3. The Bertz CT molecular complexity index is 994. The molecule has 0 spiro atoms. The smallest absolute Gasteiger partial charge is 0.414 e. The highest BCUT2D eigenvalue weighted by molar-refractivity contribution is 5.92. The van der Waals surface area contributed by atoms with Gasteiger partial charge in [-0.2, -0.15) is 0 Å². The summed E-state index contributed by atoms with van der Waals surface area (Å²) < 4.78 is 5.42. The molecule has 146 valence electrons. The van der Waals surface area contributed by atoms with Crippen molar-refractivity contribution < 1.29 is 9.53 Å². The molecule has 3 rings (SSSR count). The average Bonchev–Trinajstić information content (AvgIpc) is 2.65. The molecule has 0 unspecified atom stereocenters. The molecule has 6 nitrogen and oxygen atoms in total. The van der Waals surface area contributed by atoms with E-state index in [4.69, 9.17) is 4.74 Å². The fraction of sp³-hybridized carbons (Fsp3) is 0.318. The van der Waals surface area contributed by atoms with Gasteiger partial charge in [-0.1, -0.05) is 12.1 Å². The molecule has 2 aromatic carbocycles. The fourth-order valence-electron chi connectivity index (χ4n) is 2.89.